The molecule has 1 aliphatic rings. The lowest BCUT2D eigenvalue weighted by Gasteiger charge is -2.24. The van der Waals surface area contributed by atoms with Gasteiger partial charge in [-0.25, -0.2) is 8.78 Å². The Morgan fingerprint density at radius 1 is 1.41 bits per heavy atom. The van der Waals surface area contributed by atoms with Crippen molar-refractivity contribution in [2.75, 3.05) is 11.9 Å². The summed E-state index contributed by atoms with van der Waals surface area (Å²) in [6.45, 7) is 2.83. The van der Waals surface area contributed by atoms with Gasteiger partial charge in [-0.05, 0) is 18.2 Å². The number of ether oxygens (including phenoxy) is 1. The molecule has 0 spiro atoms. The van der Waals surface area contributed by atoms with Crippen LogP contribution >= 0.6 is 0 Å². The molecular formula is C12H13F2NO2. The van der Waals surface area contributed by atoms with Crippen LogP contribution in [0, 0.1) is 5.92 Å². The van der Waals surface area contributed by atoms with Gasteiger partial charge in [-0.15, -0.1) is 0 Å². The molecule has 0 saturated carbocycles. The van der Waals surface area contributed by atoms with Gasteiger partial charge in [0.15, 0.2) is 6.61 Å². The second kappa shape index (κ2) is 3.98. The minimum atomic E-state index is -2.92. The van der Waals surface area contributed by atoms with E-state index in [-0.39, 0.29) is 18.1 Å². The lowest BCUT2D eigenvalue weighted by atomic mass is 9.97. The van der Waals surface area contributed by atoms with Crippen LogP contribution < -0.4 is 10.1 Å². The van der Waals surface area contributed by atoms with E-state index in [0.717, 1.165) is 0 Å². The molecule has 1 amide bonds. The summed E-state index contributed by atoms with van der Waals surface area (Å²) in [4.78, 5) is 11.1. The maximum Gasteiger partial charge on any atom is 0.275 e. The first-order chi connectivity index (χ1) is 7.91. The summed E-state index contributed by atoms with van der Waals surface area (Å²) in [5, 5.41) is 2.51. The molecule has 0 bridgehead atoms. The average Bonchev–Trinajstić information content (AvgIpc) is 2.27. The highest BCUT2D eigenvalue weighted by Gasteiger charge is 2.36. The Hall–Kier alpha value is -1.65. The van der Waals surface area contributed by atoms with Crippen LogP contribution in [0.3, 0.4) is 0 Å². The van der Waals surface area contributed by atoms with Gasteiger partial charge >= 0.3 is 0 Å². The number of halogens is 2. The Kier molecular flexibility index (Phi) is 2.77. The fourth-order valence-corrected chi connectivity index (χ4v) is 1.62. The fraction of sp³-hybridized carbons (Fsp3) is 0.417. The second-order valence-electron chi connectivity index (χ2n) is 4.33. The van der Waals surface area contributed by atoms with Crippen LogP contribution in [0.2, 0.25) is 0 Å². The van der Waals surface area contributed by atoms with Crippen molar-refractivity contribution < 1.29 is 18.3 Å². The predicted molar refractivity (Wildman–Crippen MR) is 59.3 cm³/mol. The maximum atomic E-state index is 13.8. The number of hydrogen-bond donors (Lipinski definition) is 1. The Balaban J connectivity index is 2.39. The Bertz CT molecular complexity index is 458. The van der Waals surface area contributed by atoms with Crippen molar-refractivity contribution in [3.05, 3.63) is 23.8 Å². The van der Waals surface area contributed by atoms with Crippen molar-refractivity contribution >= 4 is 11.6 Å². The molecule has 0 atom stereocenters. The molecule has 0 aliphatic carbocycles. The van der Waals surface area contributed by atoms with Crippen molar-refractivity contribution in [3.63, 3.8) is 0 Å². The molecule has 1 heterocycles. The van der Waals surface area contributed by atoms with Crippen molar-refractivity contribution in [1.29, 1.82) is 0 Å². The second-order valence-corrected chi connectivity index (χ2v) is 4.33. The molecule has 0 saturated heterocycles. The third-order valence-corrected chi connectivity index (χ3v) is 2.72. The van der Waals surface area contributed by atoms with E-state index in [9.17, 15) is 13.6 Å². The van der Waals surface area contributed by atoms with Crippen LogP contribution in [0.1, 0.15) is 19.4 Å². The Morgan fingerprint density at radius 2 is 2.12 bits per heavy atom. The molecule has 0 aromatic heterocycles. The SMILES string of the molecule is CC(C)C(F)(F)c1ccc2c(c1)NC(=O)CO2. The van der Waals surface area contributed by atoms with Crippen molar-refractivity contribution in [2.24, 2.45) is 5.92 Å². The van der Waals surface area contributed by atoms with Crippen LogP contribution in [0.5, 0.6) is 5.75 Å². The molecular weight excluding hydrogens is 228 g/mol. The van der Waals surface area contributed by atoms with Crippen LogP contribution in [0.4, 0.5) is 14.5 Å². The lowest BCUT2D eigenvalue weighted by Crippen LogP contribution is -2.26. The molecule has 1 aliphatic heterocycles. The van der Waals surface area contributed by atoms with Gasteiger partial charge in [0, 0.05) is 11.5 Å². The zero-order valence-corrected chi connectivity index (χ0v) is 9.59. The van der Waals surface area contributed by atoms with Crippen molar-refractivity contribution in [1.82, 2.24) is 0 Å². The summed E-state index contributed by atoms with van der Waals surface area (Å²) in [6, 6.07) is 4.06. The first-order valence-corrected chi connectivity index (χ1v) is 5.36. The highest BCUT2D eigenvalue weighted by atomic mass is 19.3. The first-order valence-electron chi connectivity index (χ1n) is 5.36. The molecule has 3 nitrogen and oxygen atoms in total. The summed E-state index contributed by atoms with van der Waals surface area (Å²) < 4.78 is 32.7. The molecule has 0 unspecified atom stereocenters. The highest BCUT2D eigenvalue weighted by Crippen LogP contribution is 2.39. The van der Waals surface area contributed by atoms with E-state index in [4.69, 9.17) is 4.74 Å². The molecule has 0 radical (unpaired) electrons. The van der Waals surface area contributed by atoms with Crippen molar-refractivity contribution in [3.8, 4) is 5.75 Å². The standard InChI is InChI=1S/C12H13F2NO2/c1-7(2)12(13,14)8-3-4-10-9(5-8)15-11(16)6-17-10/h3-5,7H,6H2,1-2H3,(H,15,16). The number of amides is 1. The fourth-order valence-electron chi connectivity index (χ4n) is 1.62. The van der Waals surface area contributed by atoms with Crippen LogP contribution in [0.25, 0.3) is 0 Å². The van der Waals surface area contributed by atoms with E-state index in [1.807, 2.05) is 0 Å². The van der Waals surface area contributed by atoms with Gasteiger partial charge in [0.2, 0.25) is 0 Å². The average molecular weight is 241 g/mol. The largest absolute Gasteiger partial charge is 0.482 e. The van der Waals surface area contributed by atoms with E-state index >= 15 is 0 Å². The quantitative estimate of drug-likeness (QED) is 0.864. The minimum absolute atomic E-state index is 0.0765. The number of rotatable bonds is 2. The Labute approximate surface area is 97.8 Å². The number of fused-ring (bicyclic) bond motifs is 1. The molecule has 0 fully saturated rings. The number of carbonyl (C=O) groups is 1. The third kappa shape index (κ3) is 2.09. The predicted octanol–water partition coefficient (Wildman–Crippen LogP) is 2.77. The maximum absolute atomic E-state index is 13.8. The van der Waals surface area contributed by atoms with Gasteiger partial charge in [-0.2, -0.15) is 0 Å². The number of carbonyl (C=O) groups excluding carboxylic acids is 1. The highest BCUT2D eigenvalue weighted by molar-refractivity contribution is 5.95. The molecule has 92 valence electrons. The summed E-state index contributed by atoms with van der Waals surface area (Å²) in [6.07, 6.45) is 0. The Morgan fingerprint density at radius 3 is 2.76 bits per heavy atom. The topological polar surface area (TPSA) is 38.3 Å². The van der Waals surface area contributed by atoms with Gasteiger partial charge in [0.1, 0.15) is 5.75 Å². The molecule has 5 heteroatoms. The number of hydrogen-bond acceptors (Lipinski definition) is 2. The molecule has 17 heavy (non-hydrogen) atoms. The normalized spacial score (nSPS) is 15.2. The van der Waals surface area contributed by atoms with Gasteiger partial charge in [0.25, 0.3) is 11.8 Å². The summed E-state index contributed by atoms with van der Waals surface area (Å²) in [5.41, 5.74) is 0.191. The number of anilines is 1. The molecule has 2 rings (SSSR count). The van der Waals surface area contributed by atoms with E-state index in [1.165, 1.54) is 32.0 Å². The van der Waals surface area contributed by atoms with E-state index in [1.54, 1.807) is 0 Å². The van der Waals surface area contributed by atoms with E-state index in [2.05, 4.69) is 5.32 Å². The smallest absolute Gasteiger partial charge is 0.275 e. The molecule has 1 aromatic rings. The van der Waals surface area contributed by atoms with Crippen molar-refractivity contribution in [2.45, 2.75) is 19.8 Å². The summed E-state index contributed by atoms with van der Waals surface area (Å²) >= 11 is 0. The third-order valence-electron chi connectivity index (χ3n) is 2.72. The van der Waals surface area contributed by atoms with Gasteiger partial charge in [-0.3, -0.25) is 4.79 Å². The zero-order chi connectivity index (χ0) is 12.6. The van der Waals surface area contributed by atoms with Crippen LogP contribution in [-0.2, 0) is 10.7 Å². The van der Waals surface area contributed by atoms with E-state index in [0.29, 0.717) is 11.4 Å². The van der Waals surface area contributed by atoms with Gasteiger partial charge < -0.3 is 10.1 Å². The number of nitrogens with one attached hydrogen (secondary N) is 1. The van der Waals surface area contributed by atoms with E-state index < -0.39 is 11.8 Å². The zero-order valence-electron chi connectivity index (χ0n) is 9.59. The number of benzene rings is 1. The monoisotopic (exact) mass is 241 g/mol. The molecule has 1 N–H and O–H groups in total. The summed E-state index contributed by atoms with van der Waals surface area (Å²) in [5.74, 6) is -3.63. The number of alkyl halides is 2. The minimum Gasteiger partial charge on any atom is -0.482 e. The molecule has 1 aromatic carbocycles. The van der Waals surface area contributed by atoms with Gasteiger partial charge in [-0.1, -0.05) is 13.8 Å². The lowest BCUT2D eigenvalue weighted by molar-refractivity contribution is -0.118. The van der Waals surface area contributed by atoms with Crippen LogP contribution in [0.15, 0.2) is 18.2 Å². The summed E-state index contributed by atoms with van der Waals surface area (Å²) in [7, 11) is 0. The first kappa shape index (κ1) is 11.8. The van der Waals surface area contributed by atoms with Crippen LogP contribution in [-0.4, -0.2) is 12.5 Å². The van der Waals surface area contributed by atoms with Gasteiger partial charge in [0.05, 0.1) is 5.69 Å².